The van der Waals surface area contributed by atoms with Crippen LogP contribution in [-0.2, 0) is 23.7 Å². The van der Waals surface area contributed by atoms with Crippen molar-refractivity contribution in [2.75, 3.05) is 19.8 Å². The lowest BCUT2D eigenvalue weighted by atomic mass is 9.74. The fourth-order valence-electron chi connectivity index (χ4n) is 3.12. The quantitative estimate of drug-likeness (QED) is 0.887. The maximum Gasteiger partial charge on any atom is 0.0945 e. The summed E-state index contributed by atoms with van der Waals surface area (Å²) in [4.78, 5) is 4.17. The number of aromatic nitrogens is 2. The van der Waals surface area contributed by atoms with Crippen molar-refractivity contribution < 1.29 is 4.74 Å². The van der Waals surface area contributed by atoms with Crippen LogP contribution in [0.2, 0.25) is 0 Å². The minimum Gasteiger partial charge on any atom is -0.381 e. The first-order valence-corrected chi connectivity index (χ1v) is 8.49. The predicted octanol–water partition coefficient (Wildman–Crippen LogP) is 3.02. The summed E-state index contributed by atoms with van der Waals surface area (Å²) in [5.41, 5.74) is 2.77. The Hall–Kier alpha value is -1.17. The zero-order valence-corrected chi connectivity index (χ0v) is 14.5. The summed E-state index contributed by atoms with van der Waals surface area (Å²) in [7, 11) is 2.03. The topological polar surface area (TPSA) is 39.1 Å². The van der Waals surface area contributed by atoms with Gasteiger partial charge < -0.3 is 14.6 Å². The lowest BCUT2D eigenvalue weighted by Gasteiger charge is -2.38. The van der Waals surface area contributed by atoms with Crippen LogP contribution in [0.15, 0.2) is 41.3 Å². The van der Waals surface area contributed by atoms with Crippen LogP contribution < -0.4 is 5.32 Å². The summed E-state index contributed by atoms with van der Waals surface area (Å²) >= 11 is 3.52. The molecule has 0 unspecified atom stereocenters. The van der Waals surface area contributed by atoms with E-state index < -0.39 is 0 Å². The first-order valence-electron chi connectivity index (χ1n) is 7.69. The normalized spacial score (nSPS) is 17.5. The average Bonchev–Trinajstić information content (AvgIpc) is 2.94. The number of hydrogen-bond donors (Lipinski definition) is 1. The minimum atomic E-state index is 0.164. The molecule has 0 bridgehead atoms. The highest BCUT2D eigenvalue weighted by Gasteiger charge is 2.34. The molecule has 4 nitrogen and oxygen atoms in total. The molecule has 0 aliphatic carbocycles. The Morgan fingerprint density at radius 3 is 2.64 bits per heavy atom. The van der Waals surface area contributed by atoms with E-state index in [0.717, 1.165) is 43.6 Å². The maximum atomic E-state index is 5.59. The molecule has 1 N–H and O–H groups in total. The summed E-state index contributed by atoms with van der Waals surface area (Å²) in [6.07, 6.45) is 5.89. The summed E-state index contributed by atoms with van der Waals surface area (Å²) in [5.74, 6) is 0. The Labute approximate surface area is 140 Å². The molecule has 0 amide bonds. The van der Waals surface area contributed by atoms with Gasteiger partial charge in [0.25, 0.3) is 0 Å². The van der Waals surface area contributed by atoms with Crippen LogP contribution in [0.3, 0.4) is 0 Å². The van der Waals surface area contributed by atoms with Crippen molar-refractivity contribution in [3.63, 3.8) is 0 Å². The number of imidazole rings is 1. The Balaban J connectivity index is 1.72. The summed E-state index contributed by atoms with van der Waals surface area (Å²) in [5, 5.41) is 3.62. The van der Waals surface area contributed by atoms with Crippen molar-refractivity contribution in [1.82, 2.24) is 14.9 Å². The third kappa shape index (κ3) is 3.42. The Morgan fingerprint density at radius 1 is 1.27 bits per heavy atom. The van der Waals surface area contributed by atoms with Crippen LogP contribution in [0.1, 0.15) is 24.1 Å². The fourth-order valence-corrected chi connectivity index (χ4v) is 3.38. The van der Waals surface area contributed by atoms with Crippen molar-refractivity contribution in [2.24, 2.45) is 7.05 Å². The van der Waals surface area contributed by atoms with Gasteiger partial charge in [-0.1, -0.05) is 28.1 Å². The monoisotopic (exact) mass is 363 g/mol. The van der Waals surface area contributed by atoms with Crippen LogP contribution in [0.4, 0.5) is 0 Å². The van der Waals surface area contributed by atoms with Gasteiger partial charge in [0.2, 0.25) is 0 Å². The first-order chi connectivity index (χ1) is 10.7. The Morgan fingerprint density at radius 2 is 2.00 bits per heavy atom. The highest BCUT2D eigenvalue weighted by atomic mass is 79.9. The zero-order valence-electron chi connectivity index (χ0n) is 12.9. The molecule has 1 fully saturated rings. The third-order valence-corrected chi connectivity index (χ3v) is 5.12. The van der Waals surface area contributed by atoms with Crippen molar-refractivity contribution in [3.05, 3.63) is 52.5 Å². The second kappa shape index (κ2) is 6.94. The van der Waals surface area contributed by atoms with E-state index in [-0.39, 0.29) is 5.41 Å². The maximum absolute atomic E-state index is 5.59. The van der Waals surface area contributed by atoms with Gasteiger partial charge in [0, 0.05) is 49.4 Å². The van der Waals surface area contributed by atoms with Gasteiger partial charge in [0.05, 0.1) is 12.0 Å². The van der Waals surface area contributed by atoms with Crippen LogP contribution in [0.5, 0.6) is 0 Å². The molecule has 22 heavy (non-hydrogen) atoms. The number of nitrogens with zero attached hydrogens (tertiary/aromatic N) is 2. The second-order valence-electron chi connectivity index (χ2n) is 6.00. The van der Waals surface area contributed by atoms with Gasteiger partial charge in [-0.15, -0.1) is 0 Å². The van der Waals surface area contributed by atoms with Gasteiger partial charge in [-0.3, -0.25) is 0 Å². The number of aryl methyl sites for hydroxylation is 1. The molecule has 1 saturated heterocycles. The highest BCUT2D eigenvalue weighted by Crippen LogP contribution is 2.35. The lowest BCUT2D eigenvalue weighted by Crippen LogP contribution is -2.42. The summed E-state index contributed by atoms with van der Waals surface area (Å²) in [6, 6.07) is 8.74. The number of ether oxygens (including phenoxy) is 1. The van der Waals surface area contributed by atoms with E-state index in [2.05, 4.69) is 55.1 Å². The standard InChI is InChI=1S/C17H22BrN3O/c1-21-13-20-11-16(21)10-19-12-17(6-8-22-9-7-17)14-2-4-15(18)5-3-14/h2-5,11,13,19H,6-10,12H2,1H3. The molecule has 2 heterocycles. The SMILES string of the molecule is Cn1cncc1CNCC1(c2ccc(Br)cc2)CCOCC1. The van der Waals surface area contributed by atoms with E-state index in [1.165, 1.54) is 11.3 Å². The van der Waals surface area contributed by atoms with Crippen LogP contribution >= 0.6 is 15.9 Å². The molecule has 2 aromatic rings. The molecule has 1 aliphatic rings. The molecule has 0 saturated carbocycles. The third-order valence-electron chi connectivity index (χ3n) is 4.59. The molecular formula is C17H22BrN3O. The molecule has 118 valence electrons. The predicted molar refractivity (Wildman–Crippen MR) is 90.8 cm³/mol. The number of rotatable bonds is 5. The van der Waals surface area contributed by atoms with Gasteiger partial charge in [0.1, 0.15) is 0 Å². The van der Waals surface area contributed by atoms with E-state index in [4.69, 9.17) is 4.74 Å². The molecule has 0 spiro atoms. The Bertz CT molecular complexity index is 603. The number of benzene rings is 1. The average molecular weight is 364 g/mol. The van der Waals surface area contributed by atoms with E-state index in [9.17, 15) is 0 Å². The number of hydrogen-bond acceptors (Lipinski definition) is 3. The molecule has 0 radical (unpaired) electrons. The van der Waals surface area contributed by atoms with Gasteiger partial charge in [0.15, 0.2) is 0 Å². The molecule has 1 aromatic carbocycles. The molecule has 0 atom stereocenters. The van der Waals surface area contributed by atoms with Crippen molar-refractivity contribution >= 4 is 15.9 Å². The first kappa shape index (κ1) is 15.7. The van der Waals surface area contributed by atoms with Crippen molar-refractivity contribution in [2.45, 2.75) is 24.8 Å². The van der Waals surface area contributed by atoms with Gasteiger partial charge >= 0.3 is 0 Å². The van der Waals surface area contributed by atoms with E-state index in [1.54, 1.807) is 0 Å². The minimum absolute atomic E-state index is 0.164. The summed E-state index contributed by atoms with van der Waals surface area (Å²) < 4.78 is 8.78. The van der Waals surface area contributed by atoms with Crippen LogP contribution in [-0.4, -0.2) is 29.3 Å². The second-order valence-corrected chi connectivity index (χ2v) is 6.91. The Kier molecular flexibility index (Phi) is 4.96. The molecular weight excluding hydrogens is 342 g/mol. The fraction of sp³-hybridized carbons (Fsp3) is 0.471. The van der Waals surface area contributed by atoms with E-state index >= 15 is 0 Å². The zero-order chi connectivity index (χ0) is 15.4. The van der Waals surface area contributed by atoms with Crippen LogP contribution in [0.25, 0.3) is 0 Å². The van der Waals surface area contributed by atoms with E-state index in [0.29, 0.717) is 0 Å². The van der Waals surface area contributed by atoms with Gasteiger partial charge in [-0.25, -0.2) is 4.98 Å². The molecule has 3 rings (SSSR count). The molecule has 5 heteroatoms. The van der Waals surface area contributed by atoms with Crippen LogP contribution in [0, 0.1) is 0 Å². The van der Waals surface area contributed by atoms with Gasteiger partial charge in [-0.05, 0) is 30.5 Å². The molecule has 1 aliphatic heterocycles. The molecule has 1 aromatic heterocycles. The number of nitrogens with one attached hydrogen (secondary N) is 1. The van der Waals surface area contributed by atoms with Gasteiger partial charge in [-0.2, -0.15) is 0 Å². The smallest absolute Gasteiger partial charge is 0.0945 e. The summed E-state index contributed by atoms with van der Waals surface area (Å²) in [6.45, 7) is 3.48. The largest absolute Gasteiger partial charge is 0.381 e. The number of halogens is 1. The lowest BCUT2D eigenvalue weighted by molar-refractivity contribution is 0.0497. The highest BCUT2D eigenvalue weighted by molar-refractivity contribution is 9.10. The van der Waals surface area contributed by atoms with Crippen molar-refractivity contribution in [3.8, 4) is 0 Å². The van der Waals surface area contributed by atoms with Crippen molar-refractivity contribution in [1.29, 1.82) is 0 Å². The van der Waals surface area contributed by atoms with E-state index in [1.807, 2.05) is 19.6 Å².